The Kier molecular flexibility index (Phi) is 12.1. The van der Waals surface area contributed by atoms with Gasteiger partial charge in [0, 0.05) is 26.3 Å². The summed E-state index contributed by atoms with van der Waals surface area (Å²) in [4.78, 5) is 57.0. The van der Waals surface area contributed by atoms with Crippen molar-refractivity contribution in [3.05, 3.63) is 35.9 Å². The zero-order chi connectivity index (χ0) is 22.4. The fourth-order valence-electron chi connectivity index (χ4n) is 2.51. The number of carbonyl (C=O) groups is 5. The molecule has 0 bridgehead atoms. The molecule has 0 spiro atoms. The fraction of sp³-hybridized carbons (Fsp3) is 0.450. The number of thioether (sulfide) groups is 1. The second-order valence-electron chi connectivity index (χ2n) is 6.47. The minimum absolute atomic E-state index is 0.0251. The molecule has 1 aromatic carbocycles. The van der Waals surface area contributed by atoms with Crippen molar-refractivity contribution in [1.82, 2.24) is 10.6 Å². The average molecular weight is 439 g/mol. The molecule has 2 atom stereocenters. The molecular weight excluding hydrogens is 412 g/mol. The standard InChI is InChI=1S/C20H26N2O7S/c1-14(24)30-18(25)11-16(12-21-17(19(26)27)9-5-6-10-23)22-20(28)29-13-15-7-3-2-4-8-15/h2-4,7-8,10,16-17,21H,5-6,9,11-13H2,1H3,(H,22,28)(H,26,27). The quantitative estimate of drug-likeness (QED) is 0.311. The van der Waals surface area contributed by atoms with Crippen LogP contribution >= 0.6 is 11.8 Å². The average Bonchev–Trinajstić information content (AvgIpc) is 2.68. The molecule has 1 amide bonds. The molecule has 0 saturated heterocycles. The highest BCUT2D eigenvalue weighted by Crippen LogP contribution is 2.10. The van der Waals surface area contributed by atoms with Gasteiger partial charge < -0.3 is 25.3 Å². The number of carbonyl (C=O) groups excluding carboxylic acids is 4. The number of alkyl carbamates (subject to hydrolysis) is 1. The summed E-state index contributed by atoms with van der Waals surface area (Å²) in [7, 11) is 0. The van der Waals surface area contributed by atoms with Crippen molar-refractivity contribution in [3.8, 4) is 0 Å². The van der Waals surface area contributed by atoms with Gasteiger partial charge in [0.2, 0.25) is 0 Å². The molecule has 0 aromatic heterocycles. The van der Waals surface area contributed by atoms with Gasteiger partial charge in [0.25, 0.3) is 0 Å². The number of carboxylic acids is 1. The Morgan fingerprint density at radius 3 is 2.50 bits per heavy atom. The topological polar surface area (TPSA) is 139 Å². The lowest BCUT2D eigenvalue weighted by molar-refractivity contribution is -0.139. The summed E-state index contributed by atoms with van der Waals surface area (Å²) < 4.78 is 5.14. The zero-order valence-corrected chi connectivity index (χ0v) is 17.5. The van der Waals surface area contributed by atoms with Crippen LogP contribution in [-0.4, -0.2) is 52.3 Å². The van der Waals surface area contributed by atoms with Crippen LogP contribution in [0.25, 0.3) is 0 Å². The lowest BCUT2D eigenvalue weighted by atomic mass is 10.1. The van der Waals surface area contributed by atoms with Crippen LogP contribution in [-0.2, 0) is 30.5 Å². The maximum absolute atomic E-state index is 12.1. The molecule has 0 heterocycles. The number of hydrogen-bond donors (Lipinski definition) is 3. The number of aliphatic carboxylic acids is 1. The minimum atomic E-state index is -1.10. The van der Waals surface area contributed by atoms with Gasteiger partial charge in [0.15, 0.2) is 10.2 Å². The van der Waals surface area contributed by atoms with E-state index in [4.69, 9.17) is 4.74 Å². The Bertz CT molecular complexity index is 727. The van der Waals surface area contributed by atoms with Crippen molar-refractivity contribution >= 4 is 40.3 Å². The molecule has 0 saturated carbocycles. The normalized spacial score (nSPS) is 12.4. The van der Waals surface area contributed by atoms with E-state index in [1.807, 2.05) is 6.07 Å². The molecule has 9 nitrogen and oxygen atoms in total. The van der Waals surface area contributed by atoms with Crippen molar-refractivity contribution in [3.63, 3.8) is 0 Å². The van der Waals surface area contributed by atoms with Crippen molar-refractivity contribution in [2.75, 3.05) is 6.54 Å². The van der Waals surface area contributed by atoms with Gasteiger partial charge in [-0.3, -0.25) is 14.4 Å². The summed E-state index contributed by atoms with van der Waals surface area (Å²) in [5.41, 5.74) is 0.784. The smallest absolute Gasteiger partial charge is 0.407 e. The van der Waals surface area contributed by atoms with E-state index >= 15 is 0 Å². The number of nitrogens with one attached hydrogen (secondary N) is 2. The Balaban J connectivity index is 2.66. The predicted octanol–water partition coefficient (Wildman–Crippen LogP) is 1.89. The Hall–Kier alpha value is -2.72. The first-order chi connectivity index (χ1) is 14.3. The number of ether oxygens (including phenoxy) is 1. The summed E-state index contributed by atoms with van der Waals surface area (Å²) in [5.74, 6) is -1.10. The lowest BCUT2D eigenvalue weighted by Gasteiger charge is -2.21. The number of carboxylic acid groups (broad SMARTS) is 1. The first-order valence-corrected chi connectivity index (χ1v) is 10.2. The molecule has 0 aliphatic carbocycles. The summed E-state index contributed by atoms with van der Waals surface area (Å²) in [5, 5.41) is 13.8. The maximum Gasteiger partial charge on any atom is 0.407 e. The van der Waals surface area contributed by atoms with Gasteiger partial charge in [-0.25, -0.2) is 4.79 Å². The van der Waals surface area contributed by atoms with Crippen molar-refractivity contribution < 1.29 is 33.8 Å². The molecule has 1 aromatic rings. The fourth-order valence-corrected chi connectivity index (χ4v) is 3.12. The molecule has 0 radical (unpaired) electrons. The van der Waals surface area contributed by atoms with Gasteiger partial charge in [0.1, 0.15) is 18.9 Å². The van der Waals surface area contributed by atoms with Crippen molar-refractivity contribution in [2.24, 2.45) is 0 Å². The summed E-state index contributed by atoms with van der Waals surface area (Å²) in [6.07, 6.45) is 0.618. The number of unbranched alkanes of at least 4 members (excludes halogenated alkanes) is 1. The van der Waals surface area contributed by atoms with Crippen molar-refractivity contribution in [2.45, 2.75) is 51.3 Å². The third-order valence-electron chi connectivity index (χ3n) is 3.93. The highest BCUT2D eigenvalue weighted by molar-refractivity contribution is 8.26. The van der Waals surface area contributed by atoms with Gasteiger partial charge in [-0.05, 0) is 30.2 Å². The zero-order valence-electron chi connectivity index (χ0n) is 16.7. The van der Waals surface area contributed by atoms with E-state index in [0.29, 0.717) is 24.5 Å². The van der Waals surface area contributed by atoms with Gasteiger partial charge in [-0.1, -0.05) is 30.3 Å². The summed E-state index contributed by atoms with van der Waals surface area (Å²) in [6, 6.07) is 7.30. The number of amides is 1. The maximum atomic E-state index is 12.1. The van der Waals surface area contributed by atoms with E-state index in [-0.39, 0.29) is 37.5 Å². The highest BCUT2D eigenvalue weighted by Gasteiger charge is 2.22. The van der Waals surface area contributed by atoms with Crippen LogP contribution in [0.4, 0.5) is 4.79 Å². The molecule has 30 heavy (non-hydrogen) atoms. The molecular formula is C20H26N2O7S. The molecule has 3 N–H and O–H groups in total. The van der Waals surface area contributed by atoms with Gasteiger partial charge in [-0.15, -0.1) is 0 Å². The van der Waals surface area contributed by atoms with E-state index in [9.17, 15) is 29.1 Å². The molecule has 0 aliphatic rings. The van der Waals surface area contributed by atoms with Crippen LogP contribution in [0.2, 0.25) is 0 Å². The van der Waals surface area contributed by atoms with Crippen LogP contribution in [0.15, 0.2) is 30.3 Å². The highest BCUT2D eigenvalue weighted by atomic mass is 32.2. The number of benzene rings is 1. The third-order valence-corrected chi connectivity index (χ3v) is 4.61. The number of aldehydes is 1. The molecule has 0 aliphatic heterocycles. The monoisotopic (exact) mass is 438 g/mol. The number of rotatable bonds is 13. The summed E-state index contributed by atoms with van der Waals surface area (Å²) >= 11 is 0.525. The second kappa shape index (κ2) is 14.3. The van der Waals surface area contributed by atoms with E-state index < -0.39 is 29.3 Å². The van der Waals surface area contributed by atoms with Crippen LogP contribution < -0.4 is 10.6 Å². The lowest BCUT2D eigenvalue weighted by Crippen LogP contribution is -2.48. The first kappa shape index (κ1) is 25.3. The Labute approximate surface area is 178 Å². The predicted molar refractivity (Wildman–Crippen MR) is 111 cm³/mol. The molecule has 164 valence electrons. The van der Waals surface area contributed by atoms with Crippen LogP contribution in [0.3, 0.4) is 0 Å². The molecule has 10 heteroatoms. The molecule has 1 rings (SSSR count). The van der Waals surface area contributed by atoms with E-state index in [0.717, 1.165) is 5.56 Å². The SMILES string of the molecule is CC(=O)SC(=O)CC(CNC(CCCC=O)C(=O)O)NC(=O)OCc1ccccc1. The second-order valence-corrected chi connectivity index (χ2v) is 7.70. The third kappa shape index (κ3) is 11.3. The first-order valence-electron chi connectivity index (χ1n) is 9.40. The van der Waals surface area contributed by atoms with Crippen LogP contribution in [0.1, 0.15) is 38.2 Å². The van der Waals surface area contributed by atoms with Crippen LogP contribution in [0.5, 0.6) is 0 Å². The van der Waals surface area contributed by atoms with E-state index in [1.165, 1.54) is 6.92 Å². The number of hydrogen-bond acceptors (Lipinski definition) is 8. The molecule has 0 fully saturated rings. The van der Waals surface area contributed by atoms with Gasteiger partial charge in [0.05, 0.1) is 6.04 Å². The van der Waals surface area contributed by atoms with Gasteiger partial charge >= 0.3 is 12.1 Å². The largest absolute Gasteiger partial charge is 0.480 e. The Morgan fingerprint density at radius 1 is 1.20 bits per heavy atom. The molecule has 2 unspecified atom stereocenters. The van der Waals surface area contributed by atoms with Crippen LogP contribution in [0, 0.1) is 0 Å². The van der Waals surface area contributed by atoms with Gasteiger partial charge in [-0.2, -0.15) is 0 Å². The van der Waals surface area contributed by atoms with E-state index in [1.54, 1.807) is 24.3 Å². The van der Waals surface area contributed by atoms with Crippen molar-refractivity contribution in [1.29, 1.82) is 0 Å². The minimum Gasteiger partial charge on any atom is -0.480 e. The van der Waals surface area contributed by atoms with E-state index in [2.05, 4.69) is 10.6 Å². The Morgan fingerprint density at radius 2 is 1.90 bits per heavy atom. The summed E-state index contributed by atoms with van der Waals surface area (Å²) in [6.45, 7) is 1.26.